The first-order valence-electron chi connectivity index (χ1n) is 6.98. The second-order valence-corrected chi connectivity index (χ2v) is 4.93. The zero-order chi connectivity index (χ0) is 16.8. The Morgan fingerprint density at radius 1 is 1.13 bits per heavy atom. The highest BCUT2D eigenvalue weighted by Gasteiger charge is 2.09. The summed E-state index contributed by atoms with van der Waals surface area (Å²) in [5, 5.41) is 5.62. The van der Waals surface area contributed by atoms with Crippen LogP contribution in [-0.2, 0) is 9.53 Å². The first kappa shape index (κ1) is 16.5. The molecule has 0 radical (unpaired) electrons. The maximum absolute atomic E-state index is 12.8. The number of esters is 1. The zero-order valence-corrected chi connectivity index (χ0v) is 12.9. The average molecular weight is 316 g/mol. The Kier molecular flexibility index (Phi) is 5.30. The lowest BCUT2D eigenvalue weighted by Crippen LogP contribution is -2.22. The third kappa shape index (κ3) is 4.54. The van der Waals surface area contributed by atoms with E-state index < -0.39 is 5.97 Å². The number of amides is 1. The van der Waals surface area contributed by atoms with Crippen LogP contribution >= 0.6 is 0 Å². The second kappa shape index (κ2) is 7.40. The highest BCUT2D eigenvalue weighted by molar-refractivity contribution is 5.94. The van der Waals surface area contributed by atoms with Gasteiger partial charge in [0, 0.05) is 11.4 Å². The molecule has 0 spiro atoms. The number of carbonyl (C=O) groups is 2. The molecule has 5 nitrogen and oxygen atoms in total. The molecule has 2 rings (SSSR count). The highest BCUT2D eigenvalue weighted by atomic mass is 19.1. The van der Waals surface area contributed by atoms with Gasteiger partial charge in [-0.25, -0.2) is 9.18 Å². The first-order chi connectivity index (χ1) is 11.0. The number of ether oxygens (including phenoxy) is 1. The van der Waals surface area contributed by atoms with Crippen molar-refractivity contribution in [1.29, 1.82) is 0 Å². The summed E-state index contributed by atoms with van der Waals surface area (Å²) in [6, 6.07) is 10.6. The fourth-order valence-corrected chi connectivity index (χ4v) is 1.97. The van der Waals surface area contributed by atoms with E-state index in [0.29, 0.717) is 16.9 Å². The van der Waals surface area contributed by atoms with Crippen LogP contribution in [0.15, 0.2) is 42.5 Å². The molecule has 0 bridgehead atoms. The quantitative estimate of drug-likeness (QED) is 0.832. The van der Waals surface area contributed by atoms with Crippen LogP contribution in [-0.4, -0.2) is 25.5 Å². The molecule has 120 valence electrons. The molecule has 6 heteroatoms. The molecule has 1 amide bonds. The normalized spacial score (nSPS) is 10.0. The number of halogens is 1. The molecule has 0 aliphatic rings. The lowest BCUT2D eigenvalue weighted by molar-refractivity contribution is -0.114. The van der Waals surface area contributed by atoms with Gasteiger partial charge in [0.25, 0.3) is 0 Å². The molecule has 0 unspecified atom stereocenters. The van der Waals surface area contributed by atoms with Crippen molar-refractivity contribution in [3.63, 3.8) is 0 Å². The van der Waals surface area contributed by atoms with Crippen LogP contribution in [0.4, 0.5) is 15.8 Å². The van der Waals surface area contributed by atoms with Gasteiger partial charge in [-0.1, -0.05) is 6.07 Å². The molecule has 2 N–H and O–H groups in total. The van der Waals surface area contributed by atoms with E-state index in [2.05, 4.69) is 15.4 Å². The minimum Gasteiger partial charge on any atom is -0.465 e. The van der Waals surface area contributed by atoms with Crippen LogP contribution < -0.4 is 10.6 Å². The minimum absolute atomic E-state index is 0.0167. The van der Waals surface area contributed by atoms with Gasteiger partial charge in [0.1, 0.15) is 5.82 Å². The Bertz CT molecular complexity index is 714. The number of hydrogen-bond donors (Lipinski definition) is 2. The predicted molar refractivity (Wildman–Crippen MR) is 86.0 cm³/mol. The maximum atomic E-state index is 12.8. The molecule has 0 aromatic heterocycles. The summed E-state index contributed by atoms with van der Waals surface area (Å²) < 4.78 is 17.5. The summed E-state index contributed by atoms with van der Waals surface area (Å²) in [4.78, 5) is 23.4. The van der Waals surface area contributed by atoms with Crippen LogP contribution in [0.5, 0.6) is 0 Å². The summed E-state index contributed by atoms with van der Waals surface area (Å²) in [7, 11) is 1.31. The topological polar surface area (TPSA) is 67.4 Å². The van der Waals surface area contributed by atoms with Crippen molar-refractivity contribution >= 4 is 23.3 Å². The van der Waals surface area contributed by atoms with E-state index in [1.54, 1.807) is 18.2 Å². The summed E-state index contributed by atoms with van der Waals surface area (Å²) in [6.07, 6.45) is 0. The molecular formula is C17H17FN2O3. The van der Waals surface area contributed by atoms with E-state index in [1.807, 2.05) is 6.92 Å². The van der Waals surface area contributed by atoms with Gasteiger partial charge < -0.3 is 15.4 Å². The predicted octanol–water partition coefficient (Wildman–Crippen LogP) is 2.97. The van der Waals surface area contributed by atoms with Gasteiger partial charge in [0.05, 0.1) is 19.2 Å². The largest absolute Gasteiger partial charge is 0.465 e. The van der Waals surface area contributed by atoms with Gasteiger partial charge in [-0.15, -0.1) is 0 Å². The van der Waals surface area contributed by atoms with Crippen LogP contribution in [0.3, 0.4) is 0 Å². The molecular weight excluding hydrogens is 299 g/mol. The third-order valence-corrected chi connectivity index (χ3v) is 3.23. The average Bonchev–Trinajstić information content (AvgIpc) is 2.55. The molecule has 2 aromatic rings. The van der Waals surface area contributed by atoms with Crippen LogP contribution in [0, 0.1) is 12.7 Å². The lowest BCUT2D eigenvalue weighted by Gasteiger charge is -2.11. The molecule has 0 aliphatic carbocycles. The lowest BCUT2D eigenvalue weighted by atomic mass is 10.1. The Morgan fingerprint density at radius 2 is 1.83 bits per heavy atom. The first-order valence-corrected chi connectivity index (χ1v) is 6.98. The molecule has 0 aliphatic heterocycles. The highest BCUT2D eigenvalue weighted by Crippen LogP contribution is 2.17. The third-order valence-electron chi connectivity index (χ3n) is 3.23. The number of benzene rings is 2. The molecule has 0 atom stereocenters. The van der Waals surface area contributed by atoms with Gasteiger partial charge in [-0.3, -0.25) is 4.79 Å². The van der Waals surface area contributed by atoms with Crippen LogP contribution in [0.2, 0.25) is 0 Å². The van der Waals surface area contributed by atoms with Crippen molar-refractivity contribution < 1.29 is 18.7 Å². The zero-order valence-electron chi connectivity index (χ0n) is 12.9. The van der Waals surface area contributed by atoms with E-state index in [9.17, 15) is 14.0 Å². The summed E-state index contributed by atoms with van der Waals surface area (Å²) in [5.41, 5.74) is 2.48. The van der Waals surface area contributed by atoms with E-state index in [0.717, 1.165) is 5.56 Å². The van der Waals surface area contributed by atoms with Gasteiger partial charge in [-0.05, 0) is 48.9 Å². The van der Waals surface area contributed by atoms with E-state index in [4.69, 9.17) is 0 Å². The molecule has 0 heterocycles. The summed E-state index contributed by atoms with van der Waals surface area (Å²) in [6.45, 7) is 1.88. The number of hydrogen-bond acceptors (Lipinski definition) is 4. The van der Waals surface area contributed by atoms with Crippen molar-refractivity contribution in [3.8, 4) is 0 Å². The van der Waals surface area contributed by atoms with Gasteiger partial charge >= 0.3 is 5.97 Å². The second-order valence-electron chi connectivity index (χ2n) is 4.93. The summed E-state index contributed by atoms with van der Waals surface area (Å²) >= 11 is 0. The van der Waals surface area contributed by atoms with Gasteiger partial charge in [0.15, 0.2) is 0 Å². The number of methoxy groups -OCH3 is 1. The van der Waals surface area contributed by atoms with E-state index in [1.165, 1.54) is 31.4 Å². The van der Waals surface area contributed by atoms with Gasteiger partial charge in [-0.2, -0.15) is 0 Å². The van der Waals surface area contributed by atoms with Crippen molar-refractivity contribution in [3.05, 3.63) is 59.4 Å². The Labute approximate surface area is 133 Å². The molecule has 0 saturated heterocycles. The Balaban J connectivity index is 1.98. The van der Waals surface area contributed by atoms with Crippen molar-refractivity contribution in [2.24, 2.45) is 0 Å². The van der Waals surface area contributed by atoms with Crippen LogP contribution in [0.25, 0.3) is 0 Å². The van der Waals surface area contributed by atoms with Crippen molar-refractivity contribution in [2.75, 3.05) is 24.3 Å². The van der Waals surface area contributed by atoms with E-state index >= 15 is 0 Å². The van der Waals surface area contributed by atoms with Crippen molar-refractivity contribution in [1.82, 2.24) is 0 Å². The number of aryl methyl sites for hydroxylation is 1. The number of nitrogens with one attached hydrogen (secondary N) is 2. The van der Waals surface area contributed by atoms with Crippen molar-refractivity contribution in [2.45, 2.75) is 6.92 Å². The molecule has 0 saturated carbocycles. The number of anilines is 2. The monoisotopic (exact) mass is 316 g/mol. The van der Waals surface area contributed by atoms with Crippen LogP contribution in [0.1, 0.15) is 15.9 Å². The Hall–Kier alpha value is -2.89. The minimum atomic E-state index is -0.441. The molecule has 2 aromatic carbocycles. The standard InChI is InChI=1S/C17H17FN2O3/c1-11-3-4-12(17(22)23-2)9-15(11)19-10-16(21)20-14-7-5-13(18)6-8-14/h3-9,19H,10H2,1-2H3,(H,20,21). The molecule has 23 heavy (non-hydrogen) atoms. The Morgan fingerprint density at radius 3 is 2.48 bits per heavy atom. The number of carbonyl (C=O) groups excluding carboxylic acids is 2. The smallest absolute Gasteiger partial charge is 0.337 e. The molecule has 0 fully saturated rings. The van der Waals surface area contributed by atoms with Gasteiger partial charge in [0.2, 0.25) is 5.91 Å². The SMILES string of the molecule is COC(=O)c1ccc(C)c(NCC(=O)Nc2ccc(F)cc2)c1. The number of rotatable bonds is 5. The fourth-order valence-electron chi connectivity index (χ4n) is 1.97. The maximum Gasteiger partial charge on any atom is 0.337 e. The fraction of sp³-hybridized carbons (Fsp3) is 0.176. The van der Waals surface area contributed by atoms with E-state index in [-0.39, 0.29) is 18.3 Å². The summed E-state index contributed by atoms with van der Waals surface area (Å²) in [5.74, 6) is -1.08.